The van der Waals surface area contributed by atoms with Gasteiger partial charge in [0.05, 0.1) is 13.2 Å². The zero-order valence-electron chi connectivity index (χ0n) is 13.5. The lowest BCUT2D eigenvalue weighted by molar-refractivity contribution is -0.0226. The number of aryl methyl sites for hydroxylation is 1. The van der Waals surface area contributed by atoms with E-state index >= 15 is 0 Å². The monoisotopic (exact) mass is 318 g/mol. The molecular weight excluding hydrogens is 292 g/mol. The minimum Gasteiger partial charge on any atom is -0.496 e. The summed E-state index contributed by atoms with van der Waals surface area (Å²) in [4.78, 5) is 0.955. The highest BCUT2D eigenvalue weighted by Crippen LogP contribution is 2.61. The molecule has 0 unspecified atom stereocenters. The number of rotatable bonds is 1. The molecule has 0 bridgehead atoms. The summed E-state index contributed by atoms with van der Waals surface area (Å²) < 4.78 is 5.50. The lowest BCUT2D eigenvalue weighted by Crippen LogP contribution is -2.43. The van der Waals surface area contributed by atoms with Crippen LogP contribution in [-0.4, -0.2) is 18.3 Å². The van der Waals surface area contributed by atoms with Crippen LogP contribution in [0.15, 0.2) is 17.0 Å². The van der Waals surface area contributed by atoms with E-state index in [0.29, 0.717) is 11.8 Å². The van der Waals surface area contributed by atoms with E-state index in [9.17, 15) is 5.11 Å². The van der Waals surface area contributed by atoms with Crippen LogP contribution in [0.3, 0.4) is 0 Å². The molecule has 5 atom stereocenters. The van der Waals surface area contributed by atoms with Gasteiger partial charge >= 0.3 is 0 Å². The Hall–Kier alpha value is -0.670. The van der Waals surface area contributed by atoms with Crippen molar-refractivity contribution in [3.05, 3.63) is 23.3 Å². The predicted octanol–water partition coefficient (Wildman–Crippen LogP) is 4.20. The van der Waals surface area contributed by atoms with Crippen molar-refractivity contribution in [1.82, 2.24) is 0 Å². The third-order valence-electron chi connectivity index (χ3n) is 6.97. The summed E-state index contributed by atoms with van der Waals surface area (Å²) in [5, 5.41) is 10.5. The Balaban J connectivity index is 1.72. The molecule has 4 rings (SSSR count). The lowest BCUT2D eigenvalue weighted by atomic mass is 9.55. The van der Waals surface area contributed by atoms with E-state index in [1.807, 2.05) is 0 Å². The van der Waals surface area contributed by atoms with Gasteiger partial charge in [0.25, 0.3) is 0 Å². The first-order valence-electron chi connectivity index (χ1n) is 8.62. The maximum atomic E-state index is 10.5. The summed E-state index contributed by atoms with van der Waals surface area (Å²) in [7, 11) is 1.73. The molecule has 0 spiro atoms. The number of hydrogen-bond donors (Lipinski definition) is 2. The molecule has 0 aliphatic heterocycles. The van der Waals surface area contributed by atoms with Gasteiger partial charge in [-0.15, -0.1) is 12.6 Å². The first-order valence-corrected chi connectivity index (χ1v) is 9.07. The lowest BCUT2D eigenvalue weighted by Gasteiger charge is -2.50. The summed E-state index contributed by atoms with van der Waals surface area (Å²) in [5.41, 5.74) is 3.12. The van der Waals surface area contributed by atoms with Crippen molar-refractivity contribution in [1.29, 1.82) is 0 Å². The molecule has 2 fully saturated rings. The molecule has 120 valence electrons. The molecule has 22 heavy (non-hydrogen) atoms. The maximum Gasteiger partial charge on any atom is 0.132 e. The van der Waals surface area contributed by atoms with E-state index in [1.165, 1.54) is 30.4 Å². The zero-order chi connectivity index (χ0) is 15.5. The van der Waals surface area contributed by atoms with Gasteiger partial charge in [-0.25, -0.2) is 0 Å². The molecule has 0 saturated heterocycles. The second-order valence-corrected chi connectivity index (χ2v) is 8.26. The van der Waals surface area contributed by atoms with Crippen molar-refractivity contribution in [2.75, 3.05) is 7.11 Å². The number of aliphatic hydroxyl groups is 1. The highest BCUT2D eigenvalue weighted by Gasteiger charge is 2.54. The SMILES string of the molecule is COc1cc2c(cc1S)CC[C@@H]1[C@@H]2CC[C@]2(C)[C@@H](O)CC[C@@H]12. The van der Waals surface area contributed by atoms with E-state index < -0.39 is 0 Å². The van der Waals surface area contributed by atoms with Crippen LogP contribution in [0.1, 0.15) is 56.1 Å². The quantitative estimate of drug-likeness (QED) is 0.760. The zero-order valence-corrected chi connectivity index (χ0v) is 14.4. The van der Waals surface area contributed by atoms with Crippen molar-refractivity contribution in [2.24, 2.45) is 17.3 Å². The van der Waals surface area contributed by atoms with Gasteiger partial charge in [-0.2, -0.15) is 0 Å². The fourth-order valence-corrected chi connectivity index (χ4v) is 6.04. The molecule has 3 heteroatoms. The minimum atomic E-state index is -0.0887. The molecule has 3 aliphatic rings. The molecule has 1 aromatic carbocycles. The normalized spacial score (nSPS) is 39.8. The van der Waals surface area contributed by atoms with Crippen LogP contribution in [0.4, 0.5) is 0 Å². The van der Waals surface area contributed by atoms with Crippen LogP contribution in [0.5, 0.6) is 5.75 Å². The topological polar surface area (TPSA) is 29.5 Å². The third kappa shape index (κ3) is 1.98. The van der Waals surface area contributed by atoms with Gasteiger partial charge in [-0.1, -0.05) is 6.92 Å². The van der Waals surface area contributed by atoms with Crippen molar-refractivity contribution >= 4 is 12.6 Å². The van der Waals surface area contributed by atoms with E-state index in [-0.39, 0.29) is 11.5 Å². The summed E-state index contributed by atoms with van der Waals surface area (Å²) in [6.07, 6.45) is 6.89. The molecule has 2 saturated carbocycles. The molecule has 0 amide bonds. The Morgan fingerprint density at radius 1 is 1.23 bits per heavy atom. The largest absolute Gasteiger partial charge is 0.496 e. The van der Waals surface area contributed by atoms with Crippen LogP contribution in [0, 0.1) is 17.3 Å². The van der Waals surface area contributed by atoms with E-state index in [4.69, 9.17) is 4.74 Å². The minimum absolute atomic E-state index is 0.0887. The highest BCUT2D eigenvalue weighted by molar-refractivity contribution is 7.80. The summed E-state index contributed by atoms with van der Waals surface area (Å²) in [5.74, 6) is 2.98. The van der Waals surface area contributed by atoms with Crippen LogP contribution in [0.25, 0.3) is 0 Å². The number of aliphatic hydroxyl groups excluding tert-OH is 1. The molecule has 0 radical (unpaired) electrons. The molecule has 2 nitrogen and oxygen atoms in total. The Morgan fingerprint density at radius 2 is 2.05 bits per heavy atom. The average Bonchev–Trinajstić information content (AvgIpc) is 2.82. The number of ether oxygens (including phenoxy) is 1. The van der Waals surface area contributed by atoms with Crippen LogP contribution in [0.2, 0.25) is 0 Å². The average molecular weight is 318 g/mol. The fraction of sp³-hybridized carbons (Fsp3) is 0.684. The Kier molecular flexibility index (Phi) is 3.50. The van der Waals surface area contributed by atoms with E-state index in [2.05, 4.69) is 31.7 Å². The number of methoxy groups -OCH3 is 1. The molecule has 0 aromatic heterocycles. The Bertz CT molecular complexity index is 599. The van der Waals surface area contributed by atoms with Crippen LogP contribution in [-0.2, 0) is 6.42 Å². The summed E-state index contributed by atoms with van der Waals surface area (Å²) in [6.45, 7) is 2.33. The van der Waals surface area contributed by atoms with Gasteiger partial charge in [-0.05, 0) is 85.0 Å². The second kappa shape index (κ2) is 5.17. The van der Waals surface area contributed by atoms with Gasteiger partial charge in [0, 0.05) is 4.90 Å². The third-order valence-corrected chi connectivity index (χ3v) is 7.32. The number of hydrogen-bond acceptors (Lipinski definition) is 3. The number of benzene rings is 1. The first kappa shape index (κ1) is 14.9. The van der Waals surface area contributed by atoms with Gasteiger partial charge in [-0.3, -0.25) is 0 Å². The smallest absolute Gasteiger partial charge is 0.132 e. The molecule has 0 heterocycles. The van der Waals surface area contributed by atoms with Gasteiger partial charge in [0.2, 0.25) is 0 Å². The Morgan fingerprint density at radius 3 is 2.82 bits per heavy atom. The van der Waals surface area contributed by atoms with E-state index in [0.717, 1.165) is 35.8 Å². The first-order chi connectivity index (χ1) is 10.5. The molecule has 3 aliphatic carbocycles. The number of fused-ring (bicyclic) bond motifs is 5. The van der Waals surface area contributed by atoms with Gasteiger partial charge in [0.1, 0.15) is 5.75 Å². The molecular formula is C19H26O2S. The van der Waals surface area contributed by atoms with Crippen molar-refractivity contribution in [3.8, 4) is 5.75 Å². The fourth-order valence-electron chi connectivity index (χ4n) is 5.72. The predicted molar refractivity (Wildman–Crippen MR) is 90.9 cm³/mol. The highest BCUT2D eigenvalue weighted by atomic mass is 32.1. The standard InChI is InChI=1S/C19H26O2S/c1-19-8-7-12-13(15(19)5-6-18(19)20)4-3-11-9-17(22)16(21-2)10-14(11)12/h9-10,12-13,15,18,20,22H,3-8H2,1-2H3/t12-,13+,15-,18-,19-/m0/s1. The van der Waals surface area contributed by atoms with Crippen LogP contribution < -0.4 is 4.74 Å². The molecule has 1 aromatic rings. The van der Waals surface area contributed by atoms with Crippen molar-refractivity contribution < 1.29 is 9.84 Å². The summed E-state index contributed by atoms with van der Waals surface area (Å²) >= 11 is 4.56. The Labute approximate surface area is 138 Å². The summed E-state index contributed by atoms with van der Waals surface area (Å²) in [6, 6.07) is 4.45. The second-order valence-electron chi connectivity index (χ2n) is 7.78. The maximum absolute atomic E-state index is 10.5. The van der Waals surface area contributed by atoms with Gasteiger partial charge < -0.3 is 9.84 Å². The number of thiol groups is 1. The van der Waals surface area contributed by atoms with Crippen molar-refractivity contribution in [3.63, 3.8) is 0 Å². The van der Waals surface area contributed by atoms with Gasteiger partial charge in [0.15, 0.2) is 0 Å². The van der Waals surface area contributed by atoms with Crippen LogP contribution >= 0.6 is 12.6 Å². The van der Waals surface area contributed by atoms with E-state index in [1.54, 1.807) is 7.11 Å². The molecule has 1 N–H and O–H groups in total. The van der Waals surface area contributed by atoms with Crippen molar-refractivity contribution in [2.45, 2.75) is 62.4 Å².